The van der Waals surface area contributed by atoms with Gasteiger partial charge in [-0.1, -0.05) is 95.6 Å². The summed E-state index contributed by atoms with van der Waals surface area (Å²) in [7, 11) is 0. The van der Waals surface area contributed by atoms with Crippen molar-refractivity contribution in [2.75, 3.05) is 52.9 Å². The van der Waals surface area contributed by atoms with Crippen molar-refractivity contribution in [1.29, 1.82) is 0 Å². The SMILES string of the molecule is CC(C)(Br)C(=O)O.CC(C)(Br)C(=O)O.CC(C)(Br)C(=O)O.CC(C)(Br)C(=O)O.CC(C)(Br)C(=O)O.CC(C)(Br)C(=O)O.OCC(CO)(CO)COCC(CO)(CO)CO. The normalized spacial score (nSPS) is 11.8. The second kappa shape index (κ2) is 33.0. The molecule has 0 aromatic carbocycles. The van der Waals surface area contributed by atoms with Gasteiger partial charge in [-0.3, -0.25) is 28.8 Å². The summed E-state index contributed by atoms with van der Waals surface area (Å²) in [5, 5.41) is 103. The number of rotatable bonds is 16. The Labute approximate surface area is 396 Å². The van der Waals surface area contributed by atoms with E-state index in [2.05, 4.69) is 95.6 Å². The smallest absolute Gasteiger partial charge is 0.319 e. The van der Waals surface area contributed by atoms with E-state index < -0.39 is 112 Å². The van der Waals surface area contributed by atoms with Gasteiger partial charge in [0.25, 0.3) is 0 Å². The lowest BCUT2D eigenvalue weighted by Crippen LogP contribution is -2.43. The van der Waals surface area contributed by atoms with Crippen LogP contribution in [0.3, 0.4) is 0 Å². The first kappa shape index (κ1) is 72.8. The highest BCUT2D eigenvalue weighted by Crippen LogP contribution is 2.20. The Hall–Kier alpha value is -0.580. The molecule has 0 fully saturated rings. The summed E-state index contributed by atoms with van der Waals surface area (Å²) >= 11 is 17.7. The van der Waals surface area contributed by atoms with Gasteiger partial charge in [-0.2, -0.15) is 0 Å². The van der Waals surface area contributed by atoms with Crippen molar-refractivity contribution in [2.45, 2.75) is 109 Å². The molecule has 0 aliphatic heterocycles. The van der Waals surface area contributed by atoms with Crippen LogP contribution in [0.5, 0.6) is 0 Å². The molecule has 0 amide bonds. The van der Waals surface area contributed by atoms with E-state index >= 15 is 0 Å². The Balaban J connectivity index is -0.000000112. The van der Waals surface area contributed by atoms with E-state index in [-0.39, 0.29) is 13.2 Å². The standard InChI is InChI=1S/C10H22O7.6C4H7BrO2/c11-1-9(2-12,3-13)7-17-8-10(4-14,5-15)6-16;6*1-4(2,5)3(6)7/h11-16H,1-8H2;6*1-2H3,(H,6,7). The van der Waals surface area contributed by atoms with Crippen LogP contribution in [0.25, 0.3) is 0 Å². The average Bonchev–Trinajstić information content (AvgIpc) is 3.04. The third kappa shape index (κ3) is 46.7. The maximum Gasteiger partial charge on any atom is 0.319 e. The van der Waals surface area contributed by atoms with Crippen molar-refractivity contribution in [2.24, 2.45) is 10.8 Å². The average molecular weight is 1260 g/mol. The molecule has 0 aliphatic rings. The molecular weight excluding hydrogens is 1190 g/mol. The van der Waals surface area contributed by atoms with Gasteiger partial charge in [0.05, 0.1) is 63.7 Å². The number of aliphatic hydroxyl groups excluding tert-OH is 6. The highest BCUT2D eigenvalue weighted by atomic mass is 79.9. The van der Waals surface area contributed by atoms with Gasteiger partial charge in [-0.15, -0.1) is 0 Å². The number of ether oxygens (including phenoxy) is 1. The first-order valence-electron chi connectivity index (χ1n) is 16.5. The zero-order valence-electron chi connectivity index (χ0n) is 35.1. The fourth-order valence-corrected chi connectivity index (χ4v) is 1.06. The van der Waals surface area contributed by atoms with Crippen LogP contribution in [-0.2, 0) is 33.5 Å². The molecule has 12 N–H and O–H groups in total. The number of aliphatic hydroxyl groups is 6. The number of carboxylic acid groups (broad SMARTS) is 6. The van der Waals surface area contributed by atoms with Crippen LogP contribution < -0.4 is 0 Å². The van der Waals surface area contributed by atoms with Crippen LogP contribution in [0.2, 0.25) is 0 Å². The monoisotopic (exact) mass is 1250 g/mol. The predicted molar refractivity (Wildman–Crippen MR) is 242 cm³/mol. The van der Waals surface area contributed by atoms with Gasteiger partial charge in [0.2, 0.25) is 0 Å². The number of aliphatic carboxylic acids is 6. The van der Waals surface area contributed by atoms with E-state index in [0.29, 0.717) is 0 Å². The van der Waals surface area contributed by atoms with Crippen LogP contribution in [0.1, 0.15) is 83.1 Å². The van der Waals surface area contributed by atoms with E-state index in [4.69, 9.17) is 66.0 Å². The second-order valence-corrected chi connectivity index (χ2v) is 27.0. The lowest BCUT2D eigenvalue weighted by atomic mass is 9.91. The van der Waals surface area contributed by atoms with E-state index in [1.165, 1.54) is 0 Å². The van der Waals surface area contributed by atoms with Crippen molar-refractivity contribution in [3.63, 3.8) is 0 Å². The summed E-state index contributed by atoms with van der Waals surface area (Å²) in [4.78, 5) is 59.8. The van der Waals surface area contributed by atoms with Crippen molar-refractivity contribution >= 4 is 131 Å². The molecule has 0 saturated carbocycles. The second-order valence-electron chi connectivity index (χ2n) is 15.1. The highest BCUT2D eigenvalue weighted by Gasteiger charge is 2.33. The first-order valence-corrected chi connectivity index (χ1v) is 21.3. The van der Waals surface area contributed by atoms with Crippen LogP contribution in [-0.4, -0.2) is 176 Å². The third-order valence-electron chi connectivity index (χ3n) is 5.88. The number of carboxylic acids is 6. The predicted octanol–water partition coefficient (Wildman–Crippen LogP) is 4.40. The number of carbonyl (C=O) groups is 6. The quantitative estimate of drug-likeness (QED) is 0.0953. The largest absolute Gasteiger partial charge is 0.480 e. The molecule has 0 unspecified atom stereocenters. The minimum absolute atomic E-state index is 0.141. The Morgan fingerprint density at radius 2 is 0.407 bits per heavy atom. The van der Waals surface area contributed by atoms with Crippen molar-refractivity contribution in [3.8, 4) is 0 Å². The zero-order chi connectivity index (χ0) is 49.8. The lowest BCUT2D eigenvalue weighted by molar-refractivity contribution is -0.139. The van der Waals surface area contributed by atoms with Gasteiger partial charge in [-0.25, -0.2) is 0 Å². The Morgan fingerprint density at radius 3 is 0.458 bits per heavy atom. The van der Waals surface area contributed by atoms with Crippen molar-refractivity contribution < 1.29 is 94.8 Å². The molecule has 0 rings (SSSR count). The maximum absolute atomic E-state index is 9.97. The molecule has 59 heavy (non-hydrogen) atoms. The number of halogens is 6. The minimum Gasteiger partial charge on any atom is -0.480 e. The summed E-state index contributed by atoms with van der Waals surface area (Å²) in [5.41, 5.74) is -2.32. The maximum atomic E-state index is 9.97. The molecule has 0 atom stereocenters. The molecule has 0 aromatic heterocycles. The molecule has 356 valence electrons. The van der Waals surface area contributed by atoms with E-state index in [1.807, 2.05) is 0 Å². The first-order chi connectivity index (χ1) is 25.7. The van der Waals surface area contributed by atoms with Gasteiger partial charge in [-0.05, 0) is 83.1 Å². The summed E-state index contributed by atoms with van der Waals surface area (Å²) in [6.45, 7) is 15.9. The minimum atomic E-state index is -1.16. The van der Waals surface area contributed by atoms with Gasteiger partial charge >= 0.3 is 35.8 Å². The van der Waals surface area contributed by atoms with Gasteiger partial charge < -0.3 is 66.0 Å². The molecule has 0 aromatic rings. The van der Waals surface area contributed by atoms with E-state index in [0.717, 1.165) is 0 Å². The lowest BCUT2D eigenvalue weighted by Gasteiger charge is -2.31. The molecule has 0 radical (unpaired) electrons. The zero-order valence-corrected chi connectivity index (χ0v) is 44.7. The fraction of sp³-hybridized carbons (Fsp3) is 0.824. The number of hydrogen-bond acceptors (Lipinski definition) is 13. The summed E-state index contributed by atoms with van der Waals surface area (Å²) in [5.74, 6) is -5.04. The molecule has 25 heteroatoms. The molecule has 0 heterocycles. The third-order valence-corrected chi connectivity index (χ3v) is 7.92. The highest BCUT2D eigenvalue weighted by molar-refractivity contribution is 9.11. The van der Waals surface area contributed by atoms with Crippen molar-refractivity contribution in [1.82, 2.24) is 0 Å². The van der Waals surface area contributed by atoms with Gasteiger partial charge in [0, 0.05) is 0 Å². The van der Waals surface area contributed by atoms with Crippen LogP contribution in [0.4, 0.5) is 0 Å². The van der Waals surface area contributed by atoms with Crippen LogP contribution in [0.15, 0.2) is 0 Å². The number of hydrogen-bond donors (Lipinski definition) is 12. The molecule has 0 bridgehead atoms. The topological polar surface area (TPSA) is 354 Å². The Bertz CT molecular complexity index is 978. The molecule has 0 spiro atoms. The van der Waals surface area contributed by atoms with Crippen LogP contribution >= 0.6 is 95.6 Å². The molecule has 0 aliphatic carbocycles. The van der Waals surface area contributed by atoms with Crippen LogP contribution in [0, 0.1) is 10.8 Å². The molecular formula is C34H64Br6O19. The molecule has 0 saturated heterocycles. The Kier molecular flexibility index (Phi) is 40.7. The number of alkyl halides is 6. The van der Waals surface area contributed by atoms with Crippen molar-refractivity contribution in [3.05, 3.63) is 0 Å². The van der Waals surface area contributed by atoms with E-state index in [9.17, 15) is 28.8 Å². The van der Waals surface area contributed by atoms with Gasteiger partial charge in [0.1, 0.15) is 25.9 Å². The fourth-order valence-electron chi connectivity index (χ4n) is 1.06. The summed E-state index contributed by atoms with van der Waals surface area (Å²) in [6.07, 6.45) is 0. The Morgan fingerprint density at radius 1 is 0.322 bits per heavy atom. The summed E-state index contributed by atoms with van der Waals surface area (Å²) in [6, 6.07) is 0. The van der Waals surface area contributed by atoms with E-state index in [1.54, 1.807) is 83.1 Å². The van der Waals surface area contributed by atoms with Gasteiger partial charge in [0.15, 0.2) is 0 Å². The summed E-state index contributed by atoms with van der Waals surface area (Å²) < 4.78 is 0.525. The molecule has 19 nitrogen and oxygen atoms in total.